The highest BCUT2D eigenvalue weighted by Crippen LogP contribution is 2.31. The Kier molecular flexibility index (Phi) is 14.3. The highest BCUT2D eigenvalue weighted by atomic mass is 16.8. The number of carbonyl (C=O) groups excluding carboxylic acids is 3. The van der Waals surface area contributed by atoms with Crippen LogP contribution >= 0.6 is 0 Å². The molecule has 11 nitrogen and oxygen atoms in total. The first-order valence-electron chi connectivity index (χ1n) is 16.9. The zero-order valence-electron chi connectivity index (χ0n) is 27.1. The van der Waals surface area contributed by atoms with Crippen molar-refractivity contribution in [3.05, 3.63) is 48.3 Å². The van der Waals surface area contributed by atoms with Crippen molar-refractivity contribution in [2.45, 2.75) is 110 Å². The van der Waals surface area contributed by atoms with Crippen LogP contribution in [0, 0.1) is 23.7 Å². The maximum absolute atomic E-state index is 14.1. The van der Waals surface area contributed by atoms with Crippen molar-refractivity contribution in [2.75, 3.05) is 13.2 Å². The van der Waals surface area contributed by atoms with Crippen LogP contribution in [-0.2, 0) is 36.9 Å². The predicted octanol–water partition coefficient (Wildman–Crippen LogP) is 4.98. The SMILES string of the molecule is CC(C)C[C@@H](C(=O)NN(CCc1ccccc1)C(=O)Cn1ccnn1)[C@H](CCCC1CCCCC1)C(=O)NOC1CCCCO1. The molecular formula is C34H52N6O5. The molecule has 4 rings (SSSR count). The number of amides is 3. The van der Waals surface area contributed by atoms with E-state index in [-0.39, 0.29) is 36.7 Å². The Morgan fingerprint density at radius 3 is 2.49 bits per heavy atom. The normalized spacial score (nSPS) is 18.7. The number of carbonyl (C=O) groups is 3. The second kappa shape index (κ2) is 18.6. The van der Waals surface area contributed by atoms with Crippen LogP contribution < -0.4 is 10.9 Å². The topological polar surface area (TPSA) is 128 Å². The summed E-state index contributed by atoms with van der Waals surface area (Å²) in [6.45, 7) is 4.91. The molecule has 11 heteroatoms. The minimum atomic E-state index is -0.648. The van der Waals surface area contributed by atoms with Gasteiger partial charge in [0, 0.05) is 25.8 Å². The average molecular weight is 625 g/mol. The third-order valence-corrected chi connectivity index (χ3v) is 8.95. The molecule has 1 aromatic carbocycles. The van der Waals surface area contributed by atoms with E-state index < -0.39 is 18.1 Å². The molecule has 1 aromatic heterocycles. The molecule has 3 atom stereocenters. The summed E-state index contributed by atoms with van der Waals surface area (Å²) in [5.41, 5.74) is 6.63. The van der Waals surface area contributed by atoms with E-state index in [4.69, 9.17) is 9.57 Å². The van der Waals surface area contributed by atoms with Gasteiger partial charge in [0.2, 0.25) is 11.8 Å². The summed E-state index contributed by atoms with van der Waals surface area (Å²) in [5.74, 6) is -1.39. The van der Waals surface area contributed by atoms with E-state index in [1.165, 1.54) is 48.0 Å². The second-order valence-corrected chi connectivity index (χ2v) is 13.0. The predicted molar refractivity (Wildman–Crippen MR) is 170 cm³/mol. The van der Waals surface area contributed by atoms with Crippen molar-refractivity contribution in [1.82, 2.24) is 30.9 Å². The summed E-state index contributed by atoms with van der Waals surface area (Å²) in [6.07, 6.45) is 15.1. The quantitative estimate of drug-likeness (QED) is 0.252. The van der Waals surface area contributed by atoms with Crippen LogP contribution in [-0.4, -0.2) is 57.2 Å². The summed E-state index contributed by atoms with van der Waals surface area (Å²) in [6, 6.07) is 9.83. The van der Waals surface area contributed by atoms with E-state index in [1.807, 2.05) is 44.2 Å². The lowest BCUT2D eigenvalue weighted by Crippen LogP contribution is -2.52. The van der Waals surface area contributed by atoms with Gasteiger partial charge in [-0.2, -0.15) is 0 Å². The lowest BCUT2D eigenvalue weighted by atomic mass is 9.79. The van der Waals surface area contributed by atoms with Crippen LogP contribution in [0.25, 0.3) is 0 Å². The Balaban J connectivity index is 1.49. The summed E-state index contributed by atoms with van der Waals surface area (Å²) in [4.78, 5) is 47.0. The van der Waals surface area contributed by atoms with E-state index in [1.54, 1.807) is 6.20 Å². The molecule has 1 unspecified atom stereocenters. The van der Waals surface area contributed by atoms with Gasteiger partial charge in [0.25, 0.3) is 5.91 Å². The molecule has 2 aromatic rings. The van der Waals surface area contributed by atoms with E-state index in [2.05, 4.69) is 21.2 Å². The maximum Gasteiger partial charge on any atom is 0.262 e. The minimum Gasteiger partial charge on any atom is -0.350 e. The van der Waals surface area contributed by atoms with E-state index in [0.29, 0.717) is 38.2 Å². The van der Waals surface area contributed by atoms with Crippen LogP contribution in [0.2, 0.25) is 0 Å². The molecule has 0 spiro atoms. The maximum atomic E-state index is 14.1. The van der Waals surface area contributed by atoms with Crippen LogP contribution in [0.15, 0.2) is 42.7 Å². The van der Waals surface area contributed by atoms with Gasteiger partial charge in [-0.25, -0.2) is 15.0 Å². The number of hydrogen-bond acceptors (Lipinski definition) is 7. The van der Waals surface area contributed by atoms with Gasteiger partial charge in [0.05, 0.1) is 18.0 Å². The fraction of sp³-hybridized carbons (Fsp3) is 0.676. The first kappa shape index (κ1) is 34.6. The second-order valence-electron chi connectivity index (χ2n) is 13.0. The first-order valence-corrected chi connectivity index (χ1v) is 16.9. The van der Waals surface area contributed by atoms with Gasteiger partial charge in [-0.1, -0.05) is 94.3 Å². The summed E-state index contributed by atoms with van der Waals surface area (Å²) in [5, 5.41) is 9.09. The monoisotopic (exact) mass is 624 g/mol. The van der Waals surface area contributed by atoms with Crippen LogP contribution in [0.4, 0.5) is 0 Å². The Hall–Kier alpha value is -3.31. The van der Waals surface area contributed by atoms with E-state index in [0.717, 1.165) is 31.2 Å². The molecule has 0 radical (unpaired) electrons. The Labute approximate surface area is 267 Å². The molecule has 2 N–H and O–H groups in total. The summed E-state index contributed by atoms with van der Waals surface area (Å²) >= 11 is 0. The zero-order valence-corrected chi connectivity index (χ0v) is 27.1. The highest BCUT2D eigenvalue weighted by molar-refractivity contribution is 5.88. The third kappa shape index (κ3) is 11.9. The molecule has 3 amide bonds. The third-order valence-electron chi connectivity index (χ3n) is 8.95. The van der Waals surface area contributed by atoms with E-state index >= 15 is 0 Å². The van der Waals surface area contributed by atoms with Gasteiger partial charge in [0.15, 0.2) is 6.29 Å². The molecule has 2 aliphatic rings. The number of rotatable bonds is 16. The van der Waals surface area contributed by atoms with Crippen LogP contribution in [0.3, 0.4) is 0 Å². The lowest BCUT2D eigenvalue weighted by molar-refractivity contribution is -0.203. The number of ether oxygens (including phenoxy) is 1. The average Bonchev–Trinajstić information content (AvgIpc) is 3.57. The van der Waals surface area contributed by atoms with Crippen molar-refractivity contribution in [3.63, 3.8) is 0 Å². The largest absolute Gasteiger partial charge is 0.350 e. The molecule has 2 heterocycles. The van der Waals surface area contributed by atoms with Crippen molar-refractivity contribution in [1.29, 1.82) is 0 Å². The van der Waals surface area contributed by atoms with Crippen molar-refractivity contribution in [2.24, 2.45) is 23.7 Å². The van der Waals surface area contributed by atoms with Crippen LogP contribution in [0.1, 0.15) is 96.5 Å². The standard InChI is InChI=1S/C34H52N6O5/c1-26(2)24-30(29(17-11-16-27-12-5-3-6-13-27)34(43)37-45-32-18-9-10-23-44-32)33(42)36-40(21-19-28-14-7-4-8-15-28)31(41)25-39-22-20-35-38-39/h4,7-8,14-15,20,22,26-27,29-30,32H,3,5-6,9-13,16-19,21,23-25H2,1-2H3,(H,36,42)(H,37,43)/t29-,30+,32?/m0/s1. The number of hydrazine groups is 1. The number of aromatic nitrogens is 3. The number of nitrogens with zero attached hydrogens (tertiary/aromatic N) is 4. The fourth-order valence-electron chi connectivity index (χ4n) is 6.47. The zero-order chi connectivity index (χ0) is 31.9. The molecule has 1 aliphatic carbocycles. The van der Waals surface area contributed by atoms with Gasteiger partial charge in [-0.05, 0) is 49.5 Å². The van der Waals surface area contributed by atoms with Gasteiger partial charge in [-0.15, -0.1) is 5.10 Å². The van der Waals surface area contributed by atoms with Gasteiger partial charge >= 0.3 is 0 Å². The summed E-state index contributed by atoms with van der Waals surface area (Å²) in [7, 11) is 0. The molecule has 1 saturated heterocycles. The minimum absolute atomic E-state index is 0.0650. The molecule has 248 valence electrons. The molecule has 1 aliphatic heterocycles. The molecular weight excluding hydrogens is 572 g/mol. The number of nitrogens with one attached hydrogen (secondary N) is 2. The number of hydrogen-bond donors (Lipinski definition) is 2. The van der Waals surface area contributed by atoms with Crippen molar-refractivity contribution >= 4 is 17.7 Å². The molecule has 0 bridgehead atoms. The molecule has 45 heavy (non-hydrogen) atoms. The van der Waals surface area contributed by atoms with Crippen LogP contribution in [0.5, 0.6) is 0 Å². The lowest BCUT2D eigenvalue weighted by Gasteiger charge is -2.31. The van der Waals surface area contributed by atoms with Gasteiger partial charge in [0.1, 0.15) is 6.54 Å². The molecule has 1 saturated carbocycles. The van der Waals surface area contributed by atoms with E-state index in [9.17, 15) is 14.4 Å². The number of hydroxylamine groups is 1. The van der Waals surface area contributed by atoms with Gasteiger partial charge < -0.3 is 4.74 Å². The number of benzene rings is 1. The smallest absolute Gasteiger partial charge is 0.262 e. The highest BCUT2D eigenvalue weighted by Gasteiger charge is 2.36. The van der Waals surface area contributed by atoms with Crippen molar-refractivity contribution in [3.8, 4) is 0 Å². The fourth-order valence-corrected chi connectivity index (χ4v) is 6.47. The Morgan fingerprint density at radius 1 is 1.02 bits per heavy atom. The Bertz CT molecular complexity index is 1150. The first-order chi connectivity index (χ1) is 21.9. The Morgan fingerprint density at radius 2 is 1.80 bits per heavy atom. The summed E-state index contributed by atoms with van der Waals surface area (Å²) < 4.78 is 7.09. The molecule has 2 fully saturated rings. The van der Waals surface area contributed by atoms with Crippen molar-refractivity contribution < 1.29 is 24.0 Å². The van der Waals surface area contributed by atoms with Gasteiger partial charge in [-0.3, -0.25) is 24.8 Å².